The molecule has 1 saturated carbocycles. The van der Waals surface area contributed by atoms with Crippen molar-refractivity contribution in [2.75, 3.05) is 25.0 Å². The molecule has 0 amide bonds. The maximum absolute atomic E-state index is 10.6. The summed E-state index contributed by atoms with van der Waals surface area (Å²) in [5.74, 6) is -4.63. The number of rotatable bonds is 4. The Balaban J connectivity index is 0.000000301. The molecule has 0 aromatic carbocycles. The van der Waals surface area contributed by atoms with E-state index >= 15 is 0 Å². The number of hydrogen-bond donors (Lipinski definition) is 2. The minimum absolute atomic E-state index is 0.558. The Labute approximate surface area is 214 Å². The molecule has 2 aliphatic rings. The predicted molar refractivity (Wildman–Crippen MR) is 122 cm³/mol. The minimum atomic E-state index is -5.08. The van der Waals surface area contributed by atoms with Crippen molar-refractivity contribution in [3.63, 3.8) is 0 Å². The van der Waals surface area contributed by atoms with E-state index in [2.05, 4.69) is 43.9 Å². The van der Waals surface area contributed by atoms with Crippen molar-refractivity contribution in [1.29, 1.82) is 0 Å². The molecule has 0 bridgehead atoms. The SMILES string of the molecule is CN(Cc1ccncc1)C1CC2(CCN(c3ncccn3)CC2)C1.O=C(O)C(F)(F)F.O=C(O)C(F)(F)F. The van der Waals surface area contributed by atoms with Gasteiger partial charge in [0.05, 0.1) is 0 Å². The summed E-state index contributed by atoms with van der Waals surface area (Å²) in [6, 6.07) is 6.83. The van der Waals surface area contributed by atoms with Gasteiger partial charge in [-0.25, -0.2) is 19.6 Å². The third kappa shape index (κ3) is 9.43. The average Bonchev–Trinajstić information content (AvgIpc) is 2.83. The van der Waals surface area contributed by atoms with Crippen LogP contribution in [0.15, 0.2) is 43.0 Å². The number of hydrogen-bond acceptors (Lipinski definition) is 7. The lowest BCUT2D eigenvalue weighted by molar-refractivity contribution is -0.193. The lowest BCUT2D eigenvalue weighted by atomic mass is 9.60. The standard InChI is InChI=1S/C19H25N5.2C2HF3O2/c1-23(15-16-3-9-20-10-4-16)17-13-19(14-17)5-11-24(12-6-19)18-21-7-2-8-22-18;2*3-2(4,5)1(6)7/h2-4,7-10,17H,5-6,11-15H2,1H3;2*(H,6,7). The monoisotopic (exact) mass is 551 g/mol. The number of carbonyl (C=O) groups is 2. The van der Waals surface area contributed by atoms with Gasteiger partial charge in [0.1, 0.15) is 0 Å². The molecule has 0 radical (unpaired) electrons. The van der Waals surface area contributed by atoms with Crippen LogP contribution in [0.1, 0.15) is 31.2 Å². The van der Waals surface area contributed by atoms with Crippen LogP contribution in [0, 0.1) is 5.41 Å². The number of piperidine rings is 1. The van der Waals surface area contributed by atoms with Crippen LogP contribution in [0.3, 0.4) is 0 Å². The molecule has 210 valence electrons. The number of carboxylic acid groups (broad SMARTS) is 2. The van der Waals surface area contributed by atoms with E-state index < -0.39 is 24.3 Å². The molecule has 1 aliphatic carbocycles. The van der Waals surface area contributed by atoms with Crippen LogP contribution in [0.4, 0.5) is 32.3 Å². The molecule has 2 aromatic heterocycles. The molecule has 1 aliphatic heterocycles. The fourth-order valence-electron chi connectivity index (χ4n) is 4.20. The third-order valence-corrected chi connectivity index (χ3v) is 6.29. The number of halogens is 6. The molecule has 1 spiro atoms. The Kier molecular flexibility index (Phi) is 10.4. The molecular formula is C23H27F6N5O4. The van der Waals surface area contributed by atoms with E-state index in [-0.39, 0.29) is 0 Å². The van der Waals surface area contributed by atoms with Crippen molar-refractivity contribution in [2.24, 2.45) is 5.41 Å². The van der Waals surface area contributed by atoms with Crippen LogP contribution in [-0.4, -0.2) is 80.5 Å². The Hall–Kier alpha value is -3.49. The second-order valence-electron chi connectivity index (χ2n) is 8.97. The Morgan fingerprint density at radius 3 is 1.82 bits per heavy atom. The normalized spacial score (nSPS) is 17.0. The van der Waals surface area contributed by atoms with E-state index in [0.29, 0.717) is 5.41 Å². The van der Waals surface area contributed by atoms with Gasteiger partial charge in [-0.15, -0.1) is 0 Å². The summed E-state index contributed by atoms with van der Waals surface area (Å²) < 4.78 is 63.5. The molecule has 2 fully saturated rings. The molecule has 9 nitrogen and oxygen atoms in total. The summed E-state index contributed by atoms with van der Waals surface area (Å²) in [5, 5.41) is 14.2. The van der Waals surface area contributed by atoms with Gasteiger partial charge in [0.25, 0.3) is 0 Å². The van der Waals surface area contributed by atoms with E-state index in [4.69, 9.17) is 19.8 Å². The highest BCUT2D eigenvalue weighted by atomic mass is 19.4. The van der Waals surface area contributed by atoms with Gasteiger partial charge in [-0.05, 0) is 61.9 Å². The average molecular weight is 551 g/mol. The van der Waals surface area contributed by atoms with E-state index in [1.165, 1.54) is 31.2 Å². The Bertz CT molecular complexity index is 1000. The third-order valence-electron chi connectivity index (χ3n) is 6.29. The molecule has 3 heterocycles. The predicted octanol–water partition coefficient (Wildman–Crippen LogP) is 4.02. The molecule has 0 unspecified atom stereocenters. The second-order valence-corrected chi connectivity index (χ2v) is 8.97. The summed E-state index contributed by atoms with van der Waals surface area (Å²) in [7, 11) is 2.25. The van der Waals surface area contributed by atoms with Crippen molar-refractivity contribution in [3.05, 3.63) is 48.5 Å². The van der Waals surface area contributed by atoms with Crippen LogP contribution in [0.5, 0.6) is 0 Å². The van der Waals surface area contributed by atoms with E-state index in [1.54, 1.807) is 0 Å². The van der Waals surface area contributed by atoms with Crippen LogP contribution in [0.2, 0.25) is 0 Å². The van der Waals surface area contributed by atoms with E-state index in [0.717, 1.165) is 31.6 Å². The molecule has 2 aromatic rings. The highest BCUT2D eigenvalue weighted by molar-refractivity contribution is 5.73. The van der Waals surface area contributed by atoms with Gasteiger partial charge in [0, 0.05) is 50.5 Å². The molecule has 0 atom stereocenters. The minimum Gasteiger partial charge on any atom is -0.475 e. The van der Waals surface area contributed by atoms with Crippen molar-refractivity contribution >= 4 is 17.9 Å². The van der Waals surface area contributed by atoms with Crippen molar-refractivity contribution in [3.8, 4) is 0 Å². The van der Waals surface area contributed by atoms with E-state index in [1.807, 2.05) is 30.9 Å². The molecule has 38 heavy (non-hydrogen) atoms. The first-order chi connectivity index (χ1) is 17.6. The first-order valence-corrected chi connectivity index (χ1v) is 11.3. The maximum Gasteiger partial charge on any atom is 0.490 e. The number of alkyl halides is 6. The maximum atomic E-state index is 10.6. The molecule has 4 rings (SSSR count). The fraction of sp³-hybridized carbons (Fsp3) is 0.522. The summed E-state index contributed by atoms with van der Waals surface area (Å²) in [6.45, 7) is 3.20. The quantitative estimate of drug-likeness (QED) is 0.543. The number of nitrogens with zero attached hydrogens (tertiary/aromatic N) is 5. The molecule has 2 N–H and O–H groups in total. The highest BCUT2D eigenvalue weighted by Gasteiger charge is 2.47. The zero-order valence-corrected chi connectivity index (χ0v) is 20.3. The lowest BCUT2D eigenvalue weighted by Crippen LogP contribution is -2.54. The van der Waals surface area contributed by atoms with E-state index in [9.17, 15) is 26.3 Å². The van der Waals surface area contributed by atoms with Crippen molar-refractivity contribution in [2.45, 2.75) is 50.6 Å². The van der Waals surface area contributed by atoms with Gasteiger partial charge in [-0.2, -0.15) is 26.3 Å². The van der Waals surface area contributed by atoms with Gasteiger partial charge in [-0.1, -0.05) is 0 Å². The number of anilines is 1. The van der Waals surface area contributed by atoms with Gasteiger partial charge in [0.2, 0.25) is 5.95 Å². The summed E-state index contributed by atoms with van der Waals surface area (Å²) in [4.78, 5) is 35.5. The first kappa shape index (κ1) is 30.7. The summed E-state index contributed by atoms with van der Waals surface area (Å²) >= 11 is 0. The van der Waals surface area contributed by atoms with Crippen molar-refractivity contribution in [1.82, 2.24) is 19.9 Å². The number of carboxylic acids is 2. The topological polar surface area (TPSA) is 120 Å². The fourth-order valence-corrected chi connectivity index (χ4v) is 4.20. The van der Waals surface area contributed by atoms with Crippen molar-refractivity contribution < 1.29 is 46.1 Å². The number of pyridine rings is 1. The van der Waals surface area contributed by atoms with Crippen LogP contribution < -0.4 is 4.90 Å². The zero-order chi connectivity index (χ0) is 28.6. The number of aliphatic carboxylic acids is 2. The van der Waals surface area contributed by atoms with Crippen LogP contribution in [0.25, 0.3) is 0 Å². The zero-order valence-electron chi connectivity index (χ0n) is 20.3. The largest absolute Gasteiger partial charge is 0.490 e. The molecule has 1 saturated heterocycles. The van der Waals surface area contributed by atoms with Gasteiger partial charge < -0.3 is 15.1 Å². The smallest absolute Gasteiger partial charge is 0.475 e. The molecule has 15 heteroatoms. The van der Waals surface area contributed by atoms with Gasteiger partial charge >= 0.3 is 24.3 Å². The van der Waals surface area contributed by atoms with Crippen LogP contribution >= 0.6 is 0 Å². The highest BCUT2D eigenvalue weighted by Crippen LogP contribution is 2.51. The summed E-state index contributed by atoms with van der Waals surface area (Å²) in [5.41, 5.74) is 1.91. The Morgan fingerprint density at radius 1 is 0.947 bits per heavy atom. The second kappa shape index (κ2) is 12.8. The lowest BCUT2D eigenvalue weighted by Gasteiger charge is -2.54. The summed E-state index contributed by atoms with van der Waals surface area (Å²) in [6.07, 6.45) is 2.46. The number of aromatic nitrogens is 3. The Morgan fingerprint density at radius 2 is 1.39 bits per heavy atom. The van der Waals surface area contributed by atoms with Gasteiger partial charge in [-0.3, -0.25) is 9.88 Å². The first-order valence-electron chi connectivity index (χ1n) is 11.3. The van der Waals surface area contributed by atoms with Gasteiger partial charge in [0.15, 0.2) is 0 Å². The molecular weight excluding hydrogens is 524 g/mol. The van der Waals surface area contributed by atoms with Crippen LogP contribution in [-0.2, 0) is 16.1 Å².